The Balaban J connectivity index is 4.34. The third kappa shape index (κ3) is 1.96. The topological polar surface area (TPSA) is 54.4 Å². The van der Waals surface area contributed by atoms with Crippen LogP contribution in [0.3, 0.4) is 0 Å². The summed E-state index contributed by atoms with van der Waals surface area (Å²) in [4.78, 5) is 0. The van der Waals surface area contributed by atoms with Crippen LogP contribution in [0.25, 0.3) is 0 Å². The minimum absolute atomic E-state index is 1.09. The van der Waals surface area contributed by atoms with Gasteiger partial charge in [0.05, 0.1) is 0 Å². The molecule has 0 radical (unpaired) electrons. The first kappa shape index (κ1) is 7.47. The van der Waals surface area contributed by atoms with Crippen molar-refractivity contribution in [2.75, 3.05) is 0 Å². The van der Waals surface area contributed by atoms with Crippen LogP contribution in [0.4, 0.5) is 0 Å². The highest BCUT2D eigenvalue weighted by Gasteiger charge is 2.12. The highest BCUT2D eigenvalue weighted by Crippen LogP contribution is 1.92. The van der Waals surface area contributed by atoms with E-state index in [1.54, 1.807) is 0 Å². The maximum absolute atomic E-state index is 9.98. The first-order valence-corrected chi connectivity index (χ1v) is 3.41. The standard InChI is InChI=1S/C4H6O3S/c1-3-4(2)8(5,6)7/h1,4H,2H3,(H,5,6,7). The predicted octanol–water partition coefficient (Wildman–Crippen LogP) is -0.104. The Morgan fingerprint density at radius 2 is 2.12 bits per heavy atom. The highest BCUT2D eigenvalue weighted by molar-refractivity contribution is 7.86. The van der Waals surface area contributed by atoms with Crippen molar-refractivity contribution in [3.8, 4) is 12.3 Å². The SMILES string of the molecule is C#CC(C)S(=O)(=O)O. The first-order chi connectivity index (χ1) is 3.48. The largest absolute Gasteiger partial charge is 0.285 e. The normalized spacial score (nSPS) is 14.6. The quantitative estimate of drug-likeness (QED) is 0.402. The Bertz CT molecular complexity index is 196. The summed E-state index contributed by atoms with van der Waals surface area (Å²) >= 11 is 0. The second-order valence-corrected chi connectivity index (χ2v) is 3.06. The molecule has 0 saturated heterocycles. The van der Waals surface area contributed by atoms with E-state index < -0.39 is 15.4 Å². The second-order valence-electron chi connectivity index (χ2n) is 1.32. The molecule has 1 atom stereocenters. The van der Waals surface area contributed by atoms with Crippen molar-refractivity contribution in [2.45, 2.75) is 12.2 Å². The van der Waals surface area contributed by atoms with Crippen LogP contribution < -0.4 is 0 Å². The summed E-state index contributed by atoms with van der Waals surface area (Å²) in [6.45, 7) is 1.23. The average molecular weight is 134 g/mol. The molecule has 0 aromatic rings. The van der Waals surface area contributed by atoms with Crippen molar-refractivity contribution >= 4 is 10.1 Å². The summed E-state index contributed by atoms with van der Waals surface area (Å²) in [5, 5.41) is -1.09. The van der Waals surface area contributed by atoms with Gasteiger partial charge in [-0.1, -0.05) is 5.92 Å². The zero-order valence-corrected chi connectivity index (χ0v) is 5.14. The summed E-state index contributed by atoms with van der Waals surface area (Å²) in [5.41, 5.74) is 0. The molecular weight excluding hydrogens is 128 g/mol. The molecule has 0 aliphatic rings. The predicted molar refractivity (Wildman–Crippen MR) is 29.8 cm³/mol. The van der Waals surface area contributed by atoms with Crippen LogP contribution >= 0.6 is 0 Å². The smallest absolute Gasteiger partial charge is 0.278 e. The Kier molecular flexibility index (Phi) is 2.02. The highest BCUT2D eigenvalue weighted by atomic mass is 32.2. The number of hydrogen-bond donors (Lipinski definition) is 1. The summed E-state index contributed by atoms with van der Waals surface area (Å²) in [7, 11) is -3.99. The van der Waals surface area contributed by atoms with Gasteiger partial charge in [0.2, 0.25) is 0 Å². The minimum atomic E-state index is -3.99. The van der Waals surface area contributed by atoms with E-state index in [4.69, 9.17) is 4.55 Å². The minimum Gasteiger partial charge on any atom is -0.285 e. The zero-order valence-electron chi connectivity index (χ0n) is 4.33. The van der Waals surface area contributed by atoms with Crippen molar-refractivity contribution in [1.29, 1.82) is 0 Å². The van der Waals surface area contributed by atoms with Crippen LogP contribution in [-0.2, 0) is 10.1 Å². The molecule has 0 aliphatic carbocycles. The fourth-order valence-electron chi connectivity index (χ4n) is 0.0860. The maximum atomic E-state index is 9.98. The molecule has 46 valence electrons. The van der Waals surface area contributed by atoms with Gasteiger partial charge in [0.25, 0.3) is 10.1 Å². The summed E-state index contributed by atoms with van der Waals surface area (Å²) < 4.78 is 28.1. The lowest BCUT2D eigenvalue weighted by molar-refractivity contribution is 0.479. The van der Waals surface area contributed by atoms with Gasteiger partial charge >= 0.3 is 0 Å². The second kappa shape index (κ2) is 2.16. The van der Waals surface area contributed by atoms with E-state index >= 15 is 0 Å². The van der Waals surface area contributed by atoms with Gasteiger partial charge in [-0.05, 0) is 6.92 Å². The van der Waals surface area contributed by atoms with Crippen molar-refractivity contribution in [2.24, 2.45) is 0 Å². The van der Waals surface area contributed by atoms with Gasteiger partial charge in [0.15, 0.2) is 0 Å². The molecule has 0 fully saturated rings. The molecule has 0 aromatic carbocycles. The van der Waals surface area contributed by atoms with Gasteiger partial charge in [-0.2, -0.15) is 8.42 Å². The van der Waals surface area contributed by atoms with E-state index in [0.717, 1.165) is 0 Å². The van der Waals surface area contributed by atoms with Crippen molar-refractivity contribution < 1.29 is 13.0 Å². The van der Waals surface area contributed by atoms with E-state index in [0.29, 0.717) is 0 Å². The molecule has 1 unspecified atom stereocenters. The molecule has 0 bridgehead atoms. The van der Waals surface area contributed by atoms with E-state index in [-0.39, 0.29) is 0 Å². The molecule has 0 amide bonds. The Labute approximate surface area is 48.5 Å². The van der Waals surface area contributed by atoms with Gasteiger partial charge < -0.3 is 0 Å². The van der Waals surface area contributed by atoms with E-state index in [1.165, 1.54) is 6.92 Å². The molecule has 1 N–H and O–H groups in total. The summed E-state index contributed by atoms with van der Waals surface area (Å²) in [6, 6.07) is 0. The van der Waals surface area contributed by atoms with Gasteiger partial charge in [0, 0.05) is 0 Å². The molecule has 0 spiro atoms. The van der Waals surface area contributed by atoms with Crippen LogP contribution in [0.15, 0.2) is 0 Å². The number of terminal acetylenes is 1. The number of rotatable bonds is 1. The molecule has 8 heavy (non-hydrogen) atoms. The molecule has 4 heteroatoms. The Hall–Kier alpha value is -0.530. The molecule has 0 saturated carbocycles. The van der Waals surface area contributed by atoms with Gasteiger partial charge in [-0.3, -0.25) is 4.55 Å². The van der Waals surface area contributed by atoms with Crippen LogP contribution in [0, 0.1) is 12.3 Å². The monoisotopic (exact) mass is 134 g/mol. The fourth-order valence-corrected chi connectivity index (χ4v) is 0.258. The number of hydrogen-bond acceptors (Lipinski definition) is 2. The van der Waals surface area contributed by atoms with Crippen LogP contribution in [0.2, 0.25) is 0 Å². The van der Waals surface area contributed by atoms with E-state index in [9.17, 15) is 8.42 Å². The maximum Gasteiger partial charge on any atom is 0.278 e. The third-order valence-electron chi connectivity index (χ3n) is 0.681. The summed E-state index contributed by atoms with van der Waals surface area (Å²) in [5.74, 6) is 1.87. The lowest BCUT2D eigenvalue weighted by atomic mass is 10.5. The van der Waals surface area contributed by atoms with E-state index in [2.05, 4.69) is 6.42 Å². The Morgan fingerprint density at radius 3 is 2.12 bits per heavy atom. The van der Waals surface area contributed by atoms with Crippen LogP contribution in [-0.4, -0.2) is 18.2 Å². The molecular formula is C4H6O3S. The molecule has 3 nitrogen and oxygen atoms in total. The average Bonchev–Trinajstić information content (AvgIpc) is 1.62. The van der Waals surface area contributed by atoms with Crippen molar-refractivity contribution in [3.63, 3.8) is 0 Å². The van der Waals surface area contributed by atoms with Crippen molar-refractivity contribution in [1.82, 2.24) is 0 Å². The lowest BCUT2D eigenvalue weighted by Gasteiger charge is -1.94. The van der Waals surface area contributed by atoms with Gasteiger partial charge in [0.1, 0.15) is 5.25 Å². The van der Waals surface area contributed by atoms with E-state index in [1.807, 2.05) is 5.92 Å². The Morgan fingerprint density at radius 1 is 1.75 bits per heavy atom. The third-order valence-corrected chi connectivity index (χ3v) is 1.71. The van der Waals surface area contributed by atoms with Crippen molar-refractivity contribution in [3.05, 3.63) is 0 Å². The lowest BCUT2D eigenvalue weighted by Crippen LogP contribution is -2.13. The van der Waals surface area contributed by atoms with Gasteiger partial charge in [-0.15, -0.1) is 6.42 Å². The molecule has 0 heterocycles. The summed E-state index contributed by atoms with van der Waals surface area (Å²) in [6.07, 6.45) is 4.67. The first-order valence-electron chi connectivity index (χ1n) is 1.91. The zero-order chi connectivity index (χ0) is 6.78. The molecule has 0 aliphatic heterocycles. The molecule has 0 rings (SSSR count). The van der Waals surface area contributed by atoms with Crippen LogP contribution in [0.5, 0.6) is 0 Å². The van der Waals surface area contributed by atoms with Crippen LogP contribution in [0.1, 0.15) is 6.92 Å². The molecule has 0 aromatic heterocycles. The van der Waals surface area contributed by atoms with Gasteiger partial charge in [-0.25, -0.2) is 0 Å². The fraction of sp³-hybridized carbons (Fsp3) is 0.500.